The van der Waals surface area contributed by atoms with E-state index in [0.29, 0.717) is 36.8 Å². The standard InChI is InChI=1S/C24H24N4O3S/c1-3-27(24(29)19-7-9-20(10-8-19)28-17-25-16-26-28)14-18-6-11-22(23(13-18)30-2)31-15-21-5-4-12-32-21/h4-13,16-17H,3,14-15H2,1-2H3. The van der Waals surface area contributed by atoms with E-state index in [4.69, 9.17) is 9.47 Å². The molecule has 32 heavy (non-hydrogen) atoms. The molecule has 2 heterocycles. The summed E-state index contributed by atoms with van der Waals surface area (Å²) >= 11 is 1.65. The molecule has 0 unspecified atom stereocenters. The molecule has 0 bridgehead atoms. The largest absolute Gasteiger partial charge is 0.493 e. The third kappa shape index (κ3) is 4.97. The van der Waals surface area contributed by atoms with E-state index in [0.717, 1.165) is 16.1 Å². The van der Waals surface area contributed by atoms with Crippen LogP contribution in [-0.2, 0) is 13.2 Å². The van der Waals surface area contributed by atoms with Gasteiger partial charge < -0.3 is 14.4 Å². The van der Waals surface area contributed by atoms with Gasteiger partial charge in [-0.3, -0.25) is 4.79 Å². The van der Waals surface area contributed by atoms with Gasteiger partial charge in [-0.2, -0.15) is 5.10 Å². The SMILES string of the molecule is CCN(Cc1ccc(OCc2cccs2)c(OC)c1)C(=O)c1ccc(-n2cncn2)cc1. The summed E-state index contributed by atoms with van der Waals surface area (Å²) in [5, 5.41) is 6.13. The highest BCUT2D eigenvalue weighted by Gasteiger charge is 2.16. The zero-order valence-electron chi connectivity index (χ0n) is 18.0. The van der Waals surface area contributed by atoms with Gasteiger partial charge in [-0.15, -0.1) is 11.3 Å². The fraction of sp³-hybridized carbons (Fsp3) is 0.208. The highest BCUT2D eigenvalue weighted by atomic mass is 32.1. The average Bonchev–Trinajstić information content (AvgIpc) is 3.56. The lowest BCUT2D eigenvalue weighted by Gasteiger charge is -2.22. The van der Waals surface area contributed by atoms with Crippen molar-refractivity contribution in [3.05, 3.63) is 88.6 Å². The van der Waals surface area contributed by atoms with Crippen LogP contribution in [0.3, 0.4) is 0 Å². The number of carbonyl (C=O) groups is 1. The van der Waals surface area contributed by atoms with Crippen LogP contribution in [0.2, 0.25) is 0 Å². The van der Waals surface area contributed by atoms with Gasteiger partial charge in [0.15, 0.2) is 11.5 Å². The van der Waals surface area contributed by atoms with Gasteiger partial charge in [-0.05, 0) is 60.3 Å². The van der Waals surface area contributed by atoms with Gasteiger partial charge in [0, 0.05) is 23.5 Å². The molecule has 0 atom stereocenters. The number of nitrogens with zero attached hydrogens (tertiary/aromatic N) is 4. The molecule has 0 aliphatic rings. The highest BCUT2D eigenvalue weighted by Crippen LogP contribution is 2.30. The van der Waals surface area contributed by atoms with Crippen LogP contribution in [0.25, 0.3) is 5.69 Å². The summed E-state index contributed by atoms with van der Waals surface area (Å²) in [6.07, 6.45) is 3.10. The number of hydrogen-bond acceptors (Lipinski definition) is 6. The van der Waals surface area contributed by atoms with Crippen LogP contribution in [0.15, 0.2) is 72.6 Å². The van der Waals surface area contributed by atoms with Crippen molar-refractivity contribution in [1.82, 2.24) is 19.7 Å². The third-order valence-electron chi connectivity index (χ3n) is 5.02. The Hall–Kier alpha value is -3.65. The van der Waals surface area contributed by atoms with E-state index in [1.165, 1.54) is 6.33 Å². The molecule has 164 valence electrons. The molecule has 0 radical (unpaired) electrons. The lowest BCUT2D eigenvalue weighted by Crippen LogP contribution is -2.30. The van der Waals surface area contributed by atoms with E-state index >= 15 is 0 Å². The second-order valence-electron chi connectivity index (χ2n) is 7.06. The maximum absolute atomic E-state index is 13.1. The number of methoxy groups -OCH3 is 1. The number of hydrogen-bond donors (Lipinski definition) is 0. The topological polar surface area (TPSA) is 69.5 Å². The van der Waals surface area contributed by atoms with Crippen molar-refractivity contribution in [2.75, 3.05) is 13.7 Å². The Bertz CT molecular complexity index is 1140. The lowest BCUT2D eigenvalue weighted by molar-refractivity contribution is 0.0752. The molecule has 2 aromatic heterocycles. The molecule has 2 aromatic carbocycles. The molecule has 0 saturated heterocycles. The van der Waals surface area contributed by atoms with Crippen LogP contribution < -0.4 is 9.47 Å². The molecule has 0 aliphatic heterocycles. The maximum Gasteiger partial charge on any atom is 0.254 e. The summed E-state index contributed by atoms with van der Waals surface area (Å²) in [6, 6.07) is 17.2. The number of benzene rings is 2. The van der Waals surface area contributed by atoms with E-state index in [1.54, 1.807) is 34.4 Å². The second kappa shape index (κ2) is 10.1. The Kier molecular flexibility index (Phi) is 6.81. The van der Waals surface area contributed by atoms with Crippen molar-refractivity contribution >= 4 is 17.2 Å². The molecule has 0 N–H and O–H groups in total. The van der Waals surface area contributed by atoms with Crippen molar-refractivity contribution in [3.63, 3.8) is 0 Å². The summed E-state index contributed by atoms with van der Waals surface area (Å²) in [4.78, 5) is 20.0. The fourth-order valence-electron chi connectivity index (χ4n) is 3.30. The van der Waals surface area contributed by atoms with Gasteiger partial charge >= 0.3 is 0 Å². The van der Waals surface area contributed by atoms with Gasteiger partial charge in [0.1, 0.15) is 19.3 Å². The van der Waals surface area contributed by atoms with E-state index in [1.807, 2.05) is 66.9 Å². The Balaban J connectivity index is 1.44. The first kappa shape index (κ1) is 21.6. The minimum atomic E-state index is -0.0328. The number of carbonyl (C=O) groups excluding carboxylic acids is 1. The monoisotopic (exact) mass is 448 g/mol. The second-order valence-corrected chi connectivity index (χ2v) is 8.09. The number of thiophene rings is 1. The smallest absolute Gasteiger partial charge is 0.254 e. The number of aromatic nitrogens is 3. The average molecular weight is 449 g/mol. The van der Waals surface area contributed by atoms with Crippen LogP contribution >= 0.6 is 11.3 Å². The molecule has 1 amide bonds. The van der Waals surface area contributed by atoms with Crippen LogP contribution in [0.1, 0.15) is 27.7 Å². The summed E-state index contributed by atoms with van der Waals surface area (Å²) in [5.74, 6) is 1.30. The minimum Gasteiger partial charge on any atom is -0.493 e. The quantitative estimate of drug-likeness (QED) is 0.375. The molecule has 0 saturated carbocycles. The van der Waals surface area contributed by atoms with Gasteiger partial charge in [-0.25, -0.2) is 9.67 Å². The molecule has 4 rings (SSSR count). The first-order chi connectivity index (χ1) is 15.7. The Morgan fingerprint density at radius 1 is 1.12 bits per heavy atom. The molecule has 0 fully saturated rings. The van der Waals surface area contributed by atoms with Gasteiger partial charge in [0.25, 0.3) is 5.91 Å². The summed E-state index contributed by atoms with van der Waals surface area (Å²) in [7, 11) is 1.62. The summed E-state index contributed by atoms with van der Waals surface area (Å²) in [6.45, 7) is 3.53. The van der Waals surface area contributed by atoms with E-state index in [2.05, 4.69) is 10.1 Å². The molecule has 0 spiro atoms. The number of amides is 1. The molecular weight excluding hydrogens is 424 g/mol. The van der Waals surface area contributed by atoms with Crippen LogP contribution in [0.4, 0.5) is 0 Å². The first-order valence-corrected chi connectivity index (χ1v) is 11.1. The molecule has 4 aromatic rings. The Morgan fingerprint density at radius 2 is 1.97 bits per heavy atom. The third-order valence-corrected chi connectivity index (χ3v) is 5.87. The predicted molar refractivity (Wildman–Crippen MR) is 123 cm³/mol. The molecular formula is C24H24N4O3S. The van der Waals surface area contributed by atoms with Gasteiger partial charge in [0.2, 0.25) is 0 Å². The van der Waals surface area contributed by atoms with E-state index in [-0.39, 0.29) is 5.91 Å². The predicted octanol–water partition coefficient (Wildman–Crippen LogP) is 4.58. The first-order valence-electron chi connectivity index (χ1n) is 10.2. The van der Waals surface area contributed by atoms with Crippen LogP contribution in [-0.4, -0.2) is 39.2 Å². The molecule has 8 heteroatoms. The zero-order chi connectivity index (χ0) is 22.3. The maximum atomic E-state index is 13.1. The Morgan fingerprint density at radius 3 is 2.62 bits per heavy atom. The van der Waals surface area contributed by atoms with E-state index in [9.17, 15) is 4.79 Å². The minimum absolute atomic E-state index is 0.0328. The summed E-state index contributed by atoms with van der Waals surface area (Å²) < 4.78 is 13.1. The number of ether oxygens (including phenoxy) is 2. The summed E-state index contributed by atoms with van der Waals surface area (Å²) in [5.41, 5.74) is 2.45. The van der Waals surface area contributed by atoms with Crippen molar-refractivity contribution in [2.24, 2.45) is 0 Å². The van der Waals surface area contributed by atoms with Crippen molar-refractivity contribution in [3.8, 4) is 17.2 Å². The van der Waals surface area contributed by atoms with Crippen molar-refractivity contribution in [1.29, 1.82) is 0 Å². The Labute approximate surface area is 190 Å². The zero-order valence-corrected chi connectivity index (χ0v) is 18.8. The number of rotatable bonds is 9. The highest BCUT2D eigenvalue weighted by molar-refractivity contribution is 7.09. The lowest BCUT2D eigenvalue weighted by atomic mass is 10.1. The van der Waals surface area contributed by atoms with Gasteiger partial charge in [0.05, 0.1) is 12.8 Å². The fourth-order valence-corrected chi connectivity index (χ4v) is 3.92. The molecule has 0 aliphatic carbocycles. The van der Waals surface area contributed by atoms with E-state index < -0.39 is 0 Å². The van der Waals surface area contributed by atoms with Gasteiger partial charge in [-0.1, -0.05) is 12.1 Å². The van der Waals surface area contributed by atoms with Crippen molar-refractivity contribution in [2.45, 2.75) is 20.1 Å². The van der Waals surface area contributed by atoms with Crippen molar-refractivity contribution < 1.29 is 14.3 Å². The van der Waals surface area contributed by atoms with Crippen LogP contribution in [0.5, 0.6) is 11.5 Å². The molecule has 7 nitrogen and oxygen atoms in total. The normalized spacial score (nSPS) is 10.7. The van der Waals surface area contributed by atoms with Crippen LogP contribution in [0, 0.1) is 0 Å².